The van der Waals surface area contributed by atoms with Gasteiger partial charge in [-0.25, -0.2) is 4.98 Å². The van der Waals surface area contributed by atoms with Crippen LogP contribution in [0.1, 0.15) is 61.7 Å². The Kier molecular flexibility index (Phi) is 3.19. The minimum Gasteiger partial charge on any atom is -0.346 e. The highest BCUT2D eigenvalue weighted by Gasteiger charge is 2.25. The zero-order valence-electron chi connectivity index (χ0n) is 10.8. The van der Waals surface area contributed by atoms with Crippen molar-refractivity contribution in [3.8, 4) is 0 Å². The molecule has 1 unspecified atom stereocenters. The Morgan fingerprint density at radius 2 is 2.06 bits per heavy atom. The van der Waals surface area contributed by atoms with Crippen molar-refractivity contribution in [1.29, 1.82) is 0 Å². The van der Waals surface area contributed by atoms with Crippen LogP contribution in [0.25, 0.3) is 0 Å². The zero-order valence-corrected chi connectivity index (χ0v) is 10.8. The van der Waals surface area contributed by atoms with Gasteiger partial charge in [-0.1, -0.05) is 12.8 Å². The molecule has 2 N–H and O–H groups in total. The second kappa shape index (κ2) is 4.81. The normalized spacial score (nSPS) is 25.8. The summed E-state index contributed by atoms with van der Waals surface area (Å²) in [7, 11) is 0. The number of rotatable bonds is 3. The molecule has 3 rings (SSSR count). The van der Waals surface area contributed by atoms with Crippen LogP contribution < -0.4 is 5.32 Å². The van der Waals surface area contributed by atoms with Crippen molar-refractivity contribution in [2.45, 2.75) is 63.8 Å². The van der Waals surface area contributed by atoms with Crippen LogP contribution in [-0.2, 0) is 6.42 Å². The molecule has 3 nitrogen and oxygen atoms in total. The van der Waals surface area contributed by atoms with E-state index in [1.54, 1.807) is 0 Å². The molecule has 17 heavy (non-hydrogen) atoms. The number of piperidine rings is 1. The Balaban J connectivity index is 1.66. The Morgan fingerprint density at radius 1 is 1.18 bits per heavy atom. The van der Waals surface area contributed by atoms with Crippen LogP contribution in [0.5, 0.6) is 0 Å². The van der Waals surface area contributed by atoms with Gasteiger partial charge in [0.15, 0.2) is 0 Å². The fourth-order valence-corrected chi connectivity index (χ4v) is 3.05. The molecule has 1 aromatic heterocycles. The summed E-state index contributed by atoms with van der Waals surface area (Å²) in [6, 6.07) is 0.642. The van der Waals surface area contributed by atoms with Crippen molar-refractivity contribution < 1.29 is 0 Å². The number of imidazole rings is 1. The summed E-state index contributed by atoms with van der Waals surface area (Å²) < 4.78 is 0. The van der Waals surface area contributed by atoms with Gasteiger partial charge in [0.1, 0.15) is 5.82 Å². The molecule has 1 saturated heterocycles. The van der Waals surface area contributed by atoms with E-state index in [1.165, 1.54) is 62.3 Å². The molecular weight excluding hydrogens is 210 g/mol. The van der Waals surface area contributed by atoms with Gasteiger partial charge in [-0.2, -0.15) is 0 Å². The first-order chi connectivity index (χ1) is 8.33. The molecule has 2 aliphatic rings. The highest BCUT2D eigenvalue weighted by Crippen LogP contribution is 2.36. The van der Waals surface area contributed by atoms with Gasteiger partial charge >= 0.3 is 0 Å². The maximum Gasteiger partial charge on any atom is 0.108 e. The molecule has 1 saturated carbocycles. The molecule has 0 radical (unpaired) electrons. The number of hydrogen-bond donors (Lipinski definition) is 2. The molecule has 0 spiro atoms. The average molecular weight is 233 g/mol. The van der Waals surface area contributed by atoms with E-state index < -0.39 is 0 Å². The Morgan fingerprint density at radius 3 is 2.71 bits per heavy atom. The quantitative estimate of drug-likeness (QED) is 0.842. The summed E-state index contributed by atoms with van der Waals surface area (Å²) in [5, 5.41) is 3.59. The lowest BCUT2D eigenvalue weighted by Crippen LogP contribution is -2.35. The molecule has 1 aliphatic carbocycles. The second-order valence-electron chi connectivity index (χ2n) is 5.67. The molecule has 1 aromatic rings. The molecule has 3 heteroatoms. The molecule has 1 atom stereocenters. The molecule has 0 amide bonds. The third kappa shape index (κ3) is 2.39. The van der Waals surface area contributed by atoms with E-state index in [0.29, 0.717) is 6.04 Å². The molecule has 94 valence electrons. The number of H-pyrrole nitrogens is 1. The largest absolute Gasteiger partial charge is 0.346 e. The number of aromatic amines is 1. The SMILES string of the molecule is Cc1[nH]c(CC2CCCCN2)nc1C1CCC1. The summed E-state index contributed by atoms with van der Waals surface area (Å²) in [6.45, 7) is 3.36. The summed E-state index contributed by atoms with van der Waals surface area (Å²) >= 11 is 0. The average Bonchev–Trinajstić information content (AvgIpc) is 2.59. The lowest BCUT2D eigenvalue weighted by Gasteiger charge is -2.24. The van der Waals surface area contributed by atoms with Crippen molar-refractivity contribution >= 4 is 0 Å². The predicted octanol–water partition coefficient (Wildman–Crippen LogP) is 2.67. The number of nitrogens with one attached hydrogen (secondary N) is 2. The Labute approximate surface area is 103 Å². The van der Waals surface area contributed by atoms with Crippen LogP contribution in [0.3, 0.4) is 0 Å². The fraction of sp³-hybridized carbons (Fsp3) is 0.786. The van der Waals surface area contributed by atoms with Crippen LogP contribution >= 0.6 is 0 Å². The fourth-order valence-electron chi connectivity index (χ4n) is 3.05. The maximum atomic E-state index is 4.83. The topological polar surface area (TPSA) is 40.7 Å². The lowest BCUT2D eigenvalue weighted by atomic mass is 9.82. The monoisotopic (exact) mass is 233 g/mol. The molecule has 0 aromatic carbocycles. The van der Waals surface area contributed by atoms with Gasteiger partial charge in [0, 0.05) is 24.1 Å². The maximum absolute atomic E-state index is 4.83. The van der Waals surface area contributed by atoms with Crippen LogP contribution in [0.4, 0.5) is 0 Å². The molecule has 2 fully saturated rings. The number of aromatic nitrogens is 2. The third-order valence-corrected chi connectivity index (χ3v) is 4.32. The van der Waals surface area contributed by atoms with Gasteiger partial charge in [0.2, 0.25) is 0 Å². The van der Waals surface area contributed by atoms with E-state index in [9.17, 15) is 0 Å². The highest BCUT2D eigenvalue weighted by atomic mass is 15.0. The standard InChI is InChI=1S/C14H23N3/c1-10-14(11-5-4-6-11)17-13(16-10)9-12-7-2-3-8-15-12/h11-12,15H,2-9H2,1H3,(H,16,17). The van der Waals surface area contributed by atoms with E-state index in [-0.39, 0.29) is 0 Å². The van der Waals surface area contributed by atoms with Gasteiger partial charge in [-0.05, 0) is 39.2 Å². The van der Waals surface area contributed by atoms with Gasteiger partial charge < -0.3 is 10.3 Å². The van der Waals surface area contributed by atoms with Crippen molar-refractivity contribution in [3.05, 3.63) is 17.2 Å². The third-order valence-electron chi connectivity index (χ3n) is 4.32. The summed E-state index contributed by atoms with van der Waals surface area (Å²) in [5.41, 5.74) is 2.66. The van der Waals surface area contributed by atoms with Crippen LogP contribution in [0.15, 0.2) is 0 Å². The van der Waals surface area contributed by atoms with E-state index in [1.807, 2.05) is 0 Å². The number of aryl methyl sites for hydroxylation is 1. The molecule has 1 aliphatic heterocycles. The van der Waals surface area contributed by atoms with E-state index >= 15 is 0 Å². The van der Waals surface area contributed by atoms with E-state index in [4.69, 9.17) is 4.98 Å². The van der Waals surface area contributed by atoms with Crippen molar-refractivity contribution in [1.82, 2.24) is 15.3 Å². The predicted molar refractivity (Wildman–Crippen MR) is 69.3 cm³/mol. The first-order valence-electron chi connectivity index (χ1n) is 7.11. The zero-order chi connectivity index (χ0) is 11.7. The summed E-state index contributed by atoms with van der Waals surface area (Å²) in [4.78, 5) is 8.32. The summed E-state index contributed by atoms with van der Waals surface area (Å²) in [6.07, 6.45) is 9.15. The minimum absolute atomic E-state index is 0.642. The lowest BCUT2D eigenvalue weighted by molar-refractivity contribution is 0.392. The molecule has 0 bridgehead atoms. The van der Waals surface area contributed by atoms with Gasteiger partial charge in [0.05, 0.1) is 5.69 Å². The van der Waals surface area contributed by atoms with Gasteiger partial charge in [0.25, 0.3) is 0 Å². The van der Waals surface area contributed by atoms with Crippen molar-refractivity contribution in [3.63, 3.8) is 0 Å². The highest BCUT2D eigenvalue weighted by molar-refractivity contribution is 5.20. The molecule has 2 heterocycles. The first-order valence-corrected chi connectivity index (χ1v) is 7.11. The Bertz CT molecular complexity index is 373. The van der Waals surface area contributed by atoms with E-state index in [2.05, 4.69) is 17.2 Å². The van der Waals surface area contributed by atoms with Gasteiger partial charge in [-0.15, -0.1) is 0 Å². The van der Waals surface area contributed by atoms with Gasteiger partial charge in [-0.3, -0.25) is 0 Å². The number of hydrogen-bond acceptors (Lipinski definition) is 2. The Hall–Kier alpha value is -0.830. The first kappa shape index (κ1) is 11.3. The van der Waals surface area contributed by atoms with Crippen molar-refractivity contribution in [2.75, 3.05) is 6.54 Å². The van der Waals surface area contributed by atoms with Crippen molar-refractivity contribution in [2.24, 2.45) is 0 Å². The van der Waals surface area contributed by atoms with Crippen LogP contribution in [0, 0.1) is 6.92 Å². The van der Waals surface area contributed by atoms with Crippen LogP contribution in [-0.4, -0.2) is 22.6 Å². The number of nitrogens with zero attached hydrogens (tertiary/aromatic N) is 1. The van der Waals surface area contributed by atoms with E-state index in [0.717, 1.165) is 12.3 Å². The molecular formula is C14H23N3. The minimum atomic E-state index is 0.642. The second-order valence-corrected chi connectivity index (χ2v) is 5.67. The smallest absolute Gasteiger partial charge is 0.108 e. The summed E-state index contributed by atoms with van der Waals surface area (Å²) in [5.74, 6) is 1.95. The van der Waals surface area contributed by atoms with Crippen LogP contribution in [0.2, 0.25) is 0 Å².